The third-order valence-corrected chi connectivity index (χ3v) is 3.63. The minimum atomic E-state index is 0.262. The number of anilines is 2. The van der Waals surface area contributed by atoms with E-state index < -0.39 is 0 Å². The first kappa shape index (κ1) is 11.5. The van der Waals surface area contributed by atoms with Crippen molar-refractivity contribution in [3.8, 4) is 0 Å². The van der Waals surface area contributed by atoms with Gasteiger partial charge >= 0.3 is 0 Å². The minimum absolute atomic E-state index is 0.262. The largest absolute Gasteiger partial charge is 0.388 e. The summed E-state index contributed by atoms with van der Waals surface area (Å²) < 4.78 is 0. The van der Waals surface area contributed by atoms with E-state index in [1.165, 1.54) is 12.8 Å². The third-order valence-electron chi connectivity index (χ3n) is 2.64. The molecule has 2 aromatic heterocycles. The summed E-state index contributed by atoms with van der Waals surface area (Å²) >= 11 is 6.44. The van der Waals surface area contributed by atoms with Crippen molar-refractivity contribution >= 4 is 39.6 Å². The molecule has 3 N–H and O–H groups in total. The van der Waals surface area contributed by atoms with Crippen molar-refractivity contribution < 1.29 is 0 Å². The zero-order valence-electron chi connectivity index (χ0n) is 9.46. The Bertz CT molecular complexity index is 591. The van der Waals surface area contributed by atoms with Gasteiger partial charge in [0.15, 0.2) is 5.13 Å². The lowest BCUT2D eigenvalue weighted by Gasteiger charge is -2.02. The number of aromatic nitrogens is 3. The van der Waals surface area contributed by atoms with E-state index >= 15 is 0 Å². The molecule has 0 amide bonds. The Hall–Kier alpha value is -1.60. The van der Waals surface area contributed by atoms with Crippen LogP contribution in [-0.2, 0) is 0 Å². The van der Waals surface area contributed by atoms with Crippen LogP contribution in [0, 0.1) is 0 Å². The quantitative estimate of drug-likeness (QED) is 0.834. The fourth-order valence-corrected chi connectivity index (χ4v) is 2.46. The molecular formula is C11H11N5S2. The average molecular weight is 277 g/mol. The zero-order valence-corrected chi connectivity index (χ0v) is 11.1. The first-order valence-corrected chi connectivity index (χ1v) is 6.86. The number of thiocarbonyl (C=S) groups is 1. The maximum Gasteiger partial charge on any atom is 0.229 e. The van der Waals surface area contributed by atoms with Crippen LogP contribution in [0.1, 0.15) is 30.1 Å². The fraction of sp³-hybridized carbons (Fsp3) is 0.273. The summed E-state index contributed by atoms with van der Waals surface area (Å²) in [6.45, 7) is 0. The summed E-state index contributed by atoms with van der Waals surface area (Å²) in [6.07, 6.45) is 4.12. The smallest absolute Gasteiger partial charge is 0.229 e. The first-order valence-electron chi connectivity index (χ1n) is 5.57. The lowest BCUT2D eigenvalue weighted by molar-refractivity contribution is 1.05. The third kappa shape index (κ3) is 2.46. The molecule has 0 radical (unpaired) electrons. The first-order chi connectivity index (χ1) is 8.72. The Kier molecular flexibility index (Phi) is 2.92. The van der Waals surface area contributed by atoms with Crippen molar-refractivity contribution in [1.29, 1.82) is 0 Å². The number of nitrogens with two attached hydrogens (primary N) is 1. The fourth-order valence-electron chi connectivity index (χ4n) is 1.56. The SMILES string of the molecule is NC(=S)c1ccnc(Nc2nc(C3CC3)cs2)n1. The van der Waals surface area contributed by atoms with Crippen molar-refractivity contribution in [3.05, 3.63) is 29.0 Å². The summed E-state index contributed by atoms with van der Waals surface area (Å²) in [7, 11) is 0. The predicted octanol–water partition coefficient (Wildman–Crippen LogP) is 2.19. The van der Waals surface area contributed by atoms with Gasteiger partial charge < -0.3 is 11.1 Å². The highest BCUT2D eigenvalue weighted by Gasteiger charge is 2.26. The highest BCUT2D eigenvalue weighted by atomic mass is 32.1. The summed E-state index contributed by atoms with van der Waals surface area (Å²) in [4.78, 5) is 13.1. The topological polar surface area (TPSA) is 76.7 Å². The van der Waals surface area contributed by atoms with Gasteiger partial charge in [-0.15, -0.1) is 11.3 Å². The molecule has 0 spiro atoms. The highest BCUT2D eigenvalue weighted by Crippen LogP contribution is 2.41. The Morgan fingerprint density at radius 2 is 2.28 bits per heavy atom. The maximum atomic E-state index is 5.53. The molecule has 0 bridgehead atoms. The molecule has 0 aliphatic heterocycles. The molecule has 0 atom stereocenters. The van der Waals surface area contributed by atoms with Crippen molar-refractivity contribution in [2.75, 3.05) is 5.32 Å². The maximum absolute atomic E-state index is 5.53. The zero-order chi connectivity index (χ0) is 12.5. The van der Waals surface area contributed by atoms with E-state index in [1.54, 1.807) is 23.6 Å². The summed E-state index contributed by atoms with van der Waals surface area (Å²) in [5.74, 6) is 1.12. The molecule has 2 heterocycles. The van der Waals surface area contributed by atoms with Gasteiger partial charge in [-0.1, -0.05) is 12.2 Å². The van der Waals surface area contributed by atoms with Gasteiger partial charge in [-0.05, 0) is 18.9 Å². The van der Waals surface area contributed by atoms with Crippen LogP contribution in [0.3, 0.4) is 0 Å². The molecule has 0 unspecified atom stereocenters. The van der Waals surface area contributed by atoms with Crippen molar-refractivity contribution in [2.24, 2.45) is 5.73 Å². The van der Waals surface area contributed by atoms with Crippen LogP contribution in [0.4, 0.5) is 11.1 Å². The molecule has 0 saturated heterocycles. The van der Waals surface area contributed by atoms with Crippen LogP contribution >= 0.6 is 23.6 Å². The highest BCUT2D eigenvalue weighted by molar-refractivity contribution is 7.80. The van der Waals surface area contributed by atoms with E-state index in [-0.39, 0.29) is 4.99 Å². The molecule has 7 heteroatoms. The Balaban J connectivity index is 1.78. The number of nitrogens with zero attached hydrogens (tertiary/aromatic N) is 3. The van der Waals surface area contributed by atoms with Crippen LogP contribution < -0.4 is 11.1 Å². The molecule has 1 fully saturated rings. The molecule has 2 aromatic rings. The number of hydrogen-bond acceptors (Lipinski definition) is 6. The van der Waals surface area contributed by atoms with E-state index in [1.807, 2.05) is 0 Å². The van der Waals surface area contributed by atoms with Gasteiger partial charge in [0.05, 0.1) is 5.69 Å². The van der Waals surface area contributed by atoms with Crippen LogP contribution in [0.5, 0.6) is 0 Å². The second-order valence-electron chi connectivity index (χ2n) is 4.11. The monoisotopic (exact) mass is 277 g/mol. The Morgan fingerprint density at radius 3 is 3.00 bits per heavy atom. The van der Waals surface area contributed by atoms with Crippen LogP contribution in [0.25, 0.3) is 0 Å². The molecule has 1 saturated carbocycles. The normalized spacial score (nSPS) is 14.4. The average Bonchev–Trinajstić information content (AvgIpc) is 3.11. The lowest BCUT2D eigenvalue weighted by atomic mass is 10.3. The number of rotatable bonds is 4. The van der Waals surface area contributed by atoms with Crippen molar-refractivity contribution in [2.45, 2.75) is 18.8 Å². The van der Waals surface area contributed by atoms with E-state index in [2.05, 4.69) is 25.6 Å². The Labute approximate surface area is 113 Å². The number of hydrogen-bond donors (Lipinski definition) is 2. The van der Waals surface area contributed by atoms with E-state index in [4.69, 9.17) is 18.0 Å². The molecule has 18 heavy (non-hydrogen) atoms. The summed E-state index contributed by atoms with van der Waals surface area (Å²) in [5, 5.41) is 5.96. The van der Waals surface area contributed by atoms with Gasteiger partial charge in [0.25, 0.3) is 0 Å². The van der Waals surface area contributed by atoms with Gasteiger partial charge in [0, 0.05) is 17.5 Å². The van der Waals surface area contributed by atoms with E-state index in [0.717, 1.165) is 10.8 Å². The number of nitrogens with one attached hydrogen (secondary N) is 1. The van der Waals surface area contributed by atoms with Gasteiger partial charge in [-0.2, -0.15) is 0 Å². The molecule has 1 aliphatic carbocycles. The summed E-state index contributed by atoms with van der Waals surface area (Å²) in [5.41, 5.74) is 7.25. The molecule has 5 nitrogen and oxygen atoms in total. The van der Waals surface area contributed by atoms with Crippen molar-refractivity contribution in [1.82, 2.24) is 15.0 Å². The number of thiazole rings is 1. The van der Waals surface area contributed by atoms with Crippen LogP contribution in [0.2, 0.25) is 0 Å². The van der Waals surface area contributed by atoms with Gasteiger partial charge in [0.1, 0.15) is 10.7 Å². The van der Waals surface area contributed by atoms with Gasteiger partial charge in [-0.25, -0.2) is 15.0 Å². The molecule has 0 aromatic carbocycles. The molecule has 92 valence electrons. The summed E-state index contributed by atoms with van der Waals surface area (Å²) in [6, 6.07) is 1.69. The second kappa shape index (κ2) is 4.58. The standard InChI is InChI=1S/C11H11N5S2/c12-9(17)7-3-4-13-10(14-7)16-11-15-8(5-18-11)6-1-2-6/h3-6H,1-2H2,(H2,12,17)(H,13,14,15,16). The van der Waals surface area contributed by atoms with Crippen molar-refractivity contribution in [3.63, 3.8) is 0 Å². The second-order valence-corrected chi connectivity index (χ2v) is 5.40. The molecule has 1 aliphatic rings. The van der Waals surface area contributed by atoms with E-state index in [9.17, 15) is 0 Å². The molecule has 3 rings (SSSR count). The lowest BCUT2D eigenvalue weighted by Crippen LogP contribution is -2.12. The Morgan fingerprint density at radius 1 is 1.44 bits per heavy atom. The minimum Gasteiger partial charge on any atom is -0.388 e. The predicted molar refractivity (Wildman–Crippen MR) is 75.3 cm³/mol. The van der Waals surface area contributed by atoms with E-state index in [0.29, 0.717) is 17.6 Å². The van der Waals surface area contributed by atoms with Crippen LogP contribution in [0.15, 0.2) is 17.6 Å². The molecular weight excluding hydrogens is 266 g/mol. The van der Waals surface area contributed by atoms with Gasteiger partial charge in [-0.3, -0.25) is 0 Å². The van der Waals surface area contributed by atoms with Gasteiger partial charge in [0.2, 0.25) is 5.95 Å². The van der Waals surface area contributed by atoms with Crippen LogP contribution in [-0.4, -0.2) is 19.9 Å².